The Labute approximate surface area is 152 Å². The molecule has 1 saturated heterocycles. The Bertz CT molecular complexity index is 709. The van der Waals surface area contributed by atoms with Crippen LogP contribution in [0.3, 0.4) is 0 Å². The van der Waals surface area contributed by atoms with E-state index in [2.05, 4.69) is 10.3 Å². The summed E-state index contributed by atoms with van der Waals surface area (Å²) in [4.78, 5) is 17.4. The SMILES string of the molecule is Cc1nc(Cl)c(Cl)n1CC(C(=O)c1ccccc1)C1CCNCC1. The number of piperidine rings is 1. The van der Waals surface area contributed by atoms with Crippen LogP contribution < -0.4 is 5.32 Å². The second-order valence-corrected chi connectivity index (χ2v) is 6.99. The molecule has 0 saturated carbocycles. The van der Waals surface area contributed by atoms with Gasteiger partial charge >= 0.3 is 0 Å². The van der Waals surface area contributed by atoms with E-state index < -0.39 is 0 Å². The lowest BCUT2D eigenvalue weighted by atomic mass is 9.80. The Balaban J connectivity index is 1.91. The third kappa shape index (κ3) is 3.66. The maximum Gasteiger partial charge on any atom is 0.168 e. The van der Waals surface area contributed by atoms with Crippen molar-refractivity contribution in [3.8, 4) is 0 Å². The molecule has 1 fully saturated rings. The largest absolute Gasteiger partial charge is 0.317 e. The predicted molar refractivity (Wildman–Crippen MR) is 96.8 cm³/mol. The monoisotopic (exact) mass is 365 g/mol. The highest BCUT2D eigenvalue weighted by molar-refractivity contribution is 6.40. The molecule has 4 nitrogen and oxygen atoms in total. The number of carbonyl (C=O) groups is 1. The van der Waals surface area contributed by atoms with E-state index in [0.29, 0.717) is 22.8 Å². The molecule has 24 heavy (non-hydrogen) atoms. The van der Waals surface area contributed by atoms with Crippen LogP contribution in [0.4, 0.5) is 0 Å². The molecule has 0 spiro atoms. The molecule has 0 bridgehead atoms. The summed E-state index contributed by atoms with van der Waals surface area (Å²) in [6.45, 7) is 4.27. The Hall–Kier alpha value is -1.36. The van der Waals surface area contributed by atoms with Crippen LogP contribution in [-0.2, 0) is 6.54 Å². The second kappa shape index (κ2) is 7.68. The normalized spacial score (nSPS) is 17.0. The van der Waals surface area contributed by atoms with Crippen LogP contribution >= 0.6 is 23.2 Å². The van der Waals surface area contributed by atoms with E-state index in [9.17, 15) is 4.79 Å². The maximum atomic E-state index is 13.1. The zero-order valence-electron chi connectivity index (χ0n) is 13.6. The summed E-state index contributed by atoms with van der Waals surface area (Å²) >= 11 is 12.3. The molecule has 1 aromatic carbocycles. The molecule has 1 aromatic heterocycles. The number of hydrogen-bond acceptors (Lipinski definition) is 3. The van der Waals surface area contributed by atoms with Crippen molar-refractivity contribution >= 4 is 29.0 Å². The van der Waals surface area contributed by atoms with Gasteiger partial charge in [0, 0.05) is 18.0 Å². The summed E-state index contributed by atoms with van der Waals surface area (Å²) in [6, 6.07) is 9.49. The number of nitrogens with zero attached hydrogens (tertiary/aromatic N) is 2. The first-order valence-electron chi connectivity index (χ1n) is 8.26. The molecule has 0 amide bonds. The van der Waals surface area contributed by atoms with Gasteiger partial charge in [-0.25, -0.2) is 4.98 Å². The number of halogens is 2. The molecule has 2 aromatic rings. The molecule has 6 heteroatoms. The van der Waals surface area contributed by atoms with Crippen LogP contribution in [-0.4, -0.2) is 28.4 Å². The van der Waals surface area contributed by atoms with E-state index in [0.717, 1.165) is 37.3 Å². The molecule has 1 N–H and O–H groups in total. The summed E-state index contributed by atoms with van der Waals surface area (Å²) in [5.41, 5.74) is 0.751. The molecular formula is C18H21Cl2N3O. The summed E-state index contributed by atoms with van der Waals surface area (Å²) in [6.07, 6.45) is 1.98. The lowest BCUT2D eigenvalue weighted by Gasteiger charge is -2.30. The Morgan fingerprint density at radius 3 is 2.54 bits per heavy atom. The zero-order chi connectivity index (χ0) is 17.1. The zero-order valence-corrected chi connectivity index (χ0v) is 15.1. The lowest BCUT2D eigenvalue weighted by Crippen LogP contribution is -2.37. The first-order chi connectivity index (χ1) is 11.6. The smallest absolute Gasteiger partial charge is 0.168 e. The molecule has 1 atom stereocenters. The summed E-state index contributed by atoms with van der Waals surface area (Å²) in [5, 5.41) is 4.07. The molecule has 2 heterocycles. The quantitative estimate of drug-likeness (QED) is 0.814. The number of ketones is 1. The van der Waals surface area contributed by atoms with Gasteiger partial charge in [-0.2, -0.15) is 0 Å². The average Bonchev–Trinajstić information content (AvgIpc) is 2.86. The van der Waals surface area contributed by atoms with Gasteiger partial charge in [-0.3, -0.25) is 4.79 Å². The van der Waals surface area contributed by atoms with Crippen molar-refractivity contribution in [2.75, 3.05) is 13.1 Å². The maximum absolute atomic E-state index is 13.1. The van der Waals surface area contributed by atoms with E-state index >= 15 is 0 Å². The predicted octanol–water partition coefficient (Wildman–Crippen LogP) is 4.00. The third-order valence-electron chi connectivity index (χ3n) is 4.78. The van der Waals surface area contributed by atoms with Crippen molar-refractivity contribution in [1.82, 2.24) is 14.9 Å². The molecule has 1 aliphatic heterocycles. The summed E-state index contributed by atoms with van der Waals surface area (Å²) < 4.78 is 1.86. The van der Waals surface area contributed by atoms with Crippen LogP contribution in [0.15, 0.2) is 30.3 Å². The molecule has 128 valence electrons. The van der Waals surface area contributed by atoms with Crippen LogP contribution in [0.25, 0.3) is 0 Å². The van der Waals surface area contributed by atoms with Crippen LogP contribution in [0.1, 0.15) is 29.0 Å². The van der Waals surface area contributed by atoms with Crippen molar-refractivity contribution in [3.05, 3.63) is 52.0 Å². The highest BCUT2D eigenvalue weighted by Crippen LogP contribution is 2.30. The van der Waals surface area contributed by atoms with Gasteiger partial charge in [0.2, 0.25) is 0 Å². The van der Waals surface area contributed by atoms with Gasteiger partial charge in [0.25, 0.3) is 0 Å². The van der Waals surface area contributed by atoms with Crippen LogP contribution in [0, 0.1) is 18.8 Å². The number of carbonyl (C=O) groups excluding carboxylic acids is 1. The summed E-state index contributed by atoms with van der Waals surface area (Å²) in [7, 11) is 0. The Morgan fingerprint density at radius 2 is 1.96 bits per heavy atom. The molecular weight excluding hydrogens is 345 g/mol. The summed E-state index contributed by atoms with van der Waals surface area (Å²) in [5.74, 6) is 1.11. The van der Waals surface area contributed by atoms with E-state index in [4.69, 9.17) is 23.2 Å². The fourth-order valence-corrected chi connectivity index (χ4v) is 3.88. The standard InChI is InChI=1S/C18H21Cl2N3O/c1-12-22-17(19)18(20)23(12)11-15(13-7-9-21-10-8-13)16(24)14-5-3-2-4-6-14/h2-6,13,15,21H,7-11H2,1H3. The number of nitrogens with one attached hydrogen (secondary N) is 1. The van der Waals surface area contributed by atoms with Gasteiger partial charge in [0.15, 0.2) is 10.9 Å². The number of aromatic nitrogens is 2. The highest BCUT2D eigenvalue weighted by atomic mass is 35.5. The minimum Gasteiger partial charge on any atom is -0.317 e. The number of hydrogen-bond donors (Lipinski definition) is 1. The van der Waals surface area contributed by atoms with Gasteiger partial charge < -0.3 is 9.88 Å². The highest BCUT2D eigenvalue weighted by Gasteiger charge is 2.31. The van der Waals surface area contributed by atoms with Gasteiger partial charge in [0.1, 0.15) is 11.0 Å². The molecule has 3 rings (SSSR count). The van der Waals surface area contributed by atoms with Crippen molar-refractivity contribution < 1.29 is 4.79 Å². The lowest BCUT2D eigenvalue weighted by molar-refractivity contribution is 0.0828. The third-order valence-corrected chi connectivity index (χ3v) is 5.53. The fraction of sp³-hybridized carbons (Fsp3) is 0.444. The minimum atomic E-state index is -0.129. The van der Waals surface area contributed by atoms with Crippen molar-refractivity contribution in [3.63, 3.8) is 0 Å². The van der Waals surface area contributed by atoms with Gasteiger partial charge in [0.05, 0.1) is 0 Å². The van der Waals surface area contributed by atoms with Gasteiger partial charge in [-0.05, 0) is 38.8 Å². The first kappa shape index (κ1) is 17.5. The number of aryl methyl sites for hydroxylation is 1. The molecule has 1 aliphatic rings. The Kier molecular flexibility index (Phi) is 5.59. The van der Waals surface area contributed by atoms with E-state index in [1.807, 2.05) is 41.8 Å². The van der Waals surface area contributed by atoms with Gasteiger partial charge in [-0.1, -0.05) is 53.5 Å². The van der Waals surface area contributed by atoms with Crippen LogP contribution in [0.2, 0.25) is 10.3 Å². The van der Waals surface area contributed by atoms with E-state index in [1.165, 1.54) is 0 Å². The molecule has 0 radical (unpaired) electrons. The second-order valence-electron chi connectivity index (χ2n) is 6.28. The number of imidazole rings is 1. The average molecular weight is 366 g/mol. The topological polar surface area (TPSA) is 46.9 Å². The molecule has 1 unspecified atom stereocenters. The Morgan fingerprint density at radius 1 is 1.29 bits per heavy atom. The van der Waals surface area contributed by atoms with E-state index in [-0.39, 0.29) is 11.7 Å². The number of rotatable bonds is 5. The van der Waals surface area contributed by atoms with Crippen molar-refractivity contribution in [2.24, 2.45) is 11.8 Å². The fourth-order valence-electron chi connectivity index (χ4n) is 3.42. The van der Waals surface area contributed by atoms with Crippen molar-refractivity contribution in [1.29, 1.82) is 0 Å². The van der Waals surface area contributed by atoms with E-state index in [1.54, 1.807) is 0 Å². The first-order valence-corrected chi connectivity index (χ1v) is 9.01. The molecule has 0 aliphatic carbocycles. The minimum absolute atomic E-state index is 0.129. The number of Topliss-reactive ketones (excluding diaryl/α,β-unsaturated/α-hetero) is 1. The van der Waals surface area contributed by atoms with Crippen molar-refractivity contribution in [2.45, 2.75) is 26.3 Å². The van der Waals surface area contributed by atoms with Crippen LogP contribution in [0.5, 0.6) is 0 Å². The number of benzene rings is 1. The van der Waals surface area contributed by atoms with Gasteiger partial charge in [-0.15, -0.1) is 0 Å².